The van der Waals surface area contributed by atoms with Crippen molar-refractivity contribution in [2.24, 2.45) is 0 Å². The Balaban J connectivity index is 2.30. The second-order valence-corrected chi connectivity index (χ2v) is 4.61. The molecule has 1 heterocycles. The van der Waals surface area contributed by atoms with Crippen molar-refractivity contribution in [3.63, 3.8) is 0 Å². The molecule has 0 aliphatic rings. The van der Waals surface area contributed by atoms with Crippen molar-refractivity contribution in [3.05, 3.63) is 45.2 Å². The van der Waals surface area contributed by atoms with Crippen molar-refractivity contribution in [2.45, 2.75) is 0 Å². The molecule has 0 aliphatic carbocycles. The van der Waals surface area contributed by atoms with Gasteiger partial charge in [-0.25, -0.2) is 9.97 Å². The molecule has 0 saturated heterocycles. The number of hydrogen-bond donors (Lipinski definition) is 0. The molecule has 0 bridgehead atoms. The zero-order valence-corrected chi connectivity index (χ0v) is 10.9. The van der Waals surface area contributed by atoms with Crippen LogP contribution in [-0.2, 0) is 0 Å². The number of halogens is 3. The minimum atomic E-state index is 0.410. The van der Waals surface area contributed by atoms with Crippen LogP contribution in [0.5, 0.6) is 11.6 Å². The highest BCUT2D eigenvalue weighted by molar-refractivity contribution is 9.10. The van der Waals surface area contributed by atoms with E-state index < -0.39 is 0 Å². The van der Waals surface area contributed by atoms with Crippen LogP contribution in [0.2, 0.25) is 10.0 Å². The lowest BCUT2D eigenvalue weighted by atomic mass is 10.3. The molecule has 0 saturated carbocycles. The van der Waals surface area contributed by atoms with Gasteiger partial charge in [-0.05, 0) is 34.1 Å². The van der Waals surface area contributed by atoms with Crippen LogP contribution in [0.4, 0.5) is 0 Å². The normalized spacial score (nSPS) is 10.2. The lowest BCUT2D eigenvalue weighted by Gasteiger charge is -2.06. The van der Waals surface area contributed by atoms with Crippen LogP contribution in [0.1, 0.15) is 0 Å². The molecule has 0 radical (unpaired) electrons. The number of nitrogens with zero attached hydrogens (tertiary/aromatic N) is 2. The van der Waals surface area contributed by atoms with Gasteiger partial charge in [-0.1, -0.05) is 23.2 Å². The zero-order valence-electron chi connectivity index (χ0n) is 7.82. The van der Waals surface area contributed by atoms with Gasteiger partial charge in [-0.2, -0.15) is 0 Å². The molecule has 0 unspecified atom stereocenters. The average molecular weight is 320 g/mol. The molecule has 1 aromatic heterocycles. The average Bonchev–Trinajstić information content (AvgIpc) is 2.20. The SMILES string of the molecule is Clc1cc(Cl)cc(Oc2ncncc2Br)c1. The van der Waals surface area contributed by atoms with Crippen molar-refractivity contribution in [3.8, 4) is 11.6 Å². The Labute approximate surface area is 111 Å². The van der Waals surface area contributed by atoms with Crippen molar-refractivity contribution >= 4 is 39.1 Å². The molecular formula is C10H5BrCl2N2O. The van der Waals surface area contributed by atoms with Gasteiger partial charge < -0.3 is 4.74 Å². The summed E-state index contributed by atoms with van der Waals surface area (Å²) in [5.41, 5.74) is 0. The summed E-state index contributed by atoms with van der Waals surface area (Å²) in [6.45, 7) is 0. The third-order valence-corrected chi connectivity index (χ3v) is 2.66. The molecule has 0 aliphatic heterocycles. The van der Waals surface area contributed by atoms with Crippen molar-refractivity contribution < 1.29 is 4.74 Å². The van der Waals surface area contributed by atoms with Crippen LogP contribution in [0.15, 0.2) is 35.2 Å². The Kier molecular flexibility index (Phi) is 3.63. The predicted molar refractivity (Wildman–Crippen MR) is 66.3 cm³/mol. The van der Waals surface area contributed by atoms with E-state index in [2.05, 4.69) is 25.9 Å². The first kappa shape index (κ1) is 11.6. The van der Waals surface area contributed by atoms with E-state index in [1.807, 2.05) is 0 Å². The lowest BCUT2D eigenvalue weighted by Crippen LogP contribution is -1.89. The Morgan fingerprint density at radius 1 is 1.12 bits per heavy atom. The fourth-order valence-corrected chi connectivity index (χ4v) is 1.88. The lowest BCUT2D eigenvalue weighted by molar-refractivity contribution is 0.458. The van der Waals surface area contributed by atoms with E-state index in [-0.39, 0.29) is 0 Å². The van der Waals surface area contributed by atoms with Gasteiger partial charge in [-0.15, -0.1) is 0 Å². The predicted octanol–water partition coefficient (Wildman–Crippen LogP) is 4.34. The molecular weight excluding hydrogens is 315 g/mol. The minimum absolute atomic E-state index is 0.410. The second kappa shape index (κ2) is 4.99. The summed E-state index contributed by atoms with van der Waals surface area (Å²) < 4.78 is 6.16. The molecule has 0 amide bonds. The Morgan fingerprint density at radius 3 is 2.44 bits per heavy atom. The molecule has 2 rings (SSSR count). The van der Waals surface area contributed by atoms with Gasteiger partial charge in [0.25, 0.3) is 0 Å². The third-order valence-electron chi connectivity index (χ3n) is 1.68. The molecule has 3 nitrogen and oxygen atoms in total. The maximum atomic E-state index is 5.85. The van der Waals surface area contributed by atoms with Gasteiger partial charge in [0.1, 0.15) is 12.1 Å². The molecule has 1 aromatic carbocycles. The molecule has 2 aromatic rings. The largest absolute Gasteiger partial charge is 0.438 e. The van der Waals surface area contributed by atoms with Crippen LogP contribution < -0.4 is 4.74 Å². The van der Waals surface area contributed by atoms with Crippen LogP contribution in [-0.4, -0.2) is 9.97 Å². The minimum Gasteiger partial charge on any atom is -0.438 e. The van der Waals surface area contributed by atoms with Gasteiger partial charge in [0, 0.05) is 16.2 Å². The first-order chi connectivity index (χ1) is 7.65. The maximum absolute atomic E-state index is 5.85. The highest BCUT2D eigenvalue weighted by Crippen LogP contribution is 2.30. The smallest absolute Gasteiger partial charge is 0.236 e. The first-order valence-corrected chi connectivity index (χ1v) is 5.79. The van der Waals surface area contributed by atoms with Crippen LogP contribution in [0.25, 0.3) is 0 Å². The van der Waals surface area contributed by atoms with Crippen molar-refractivity contribution in [2.75, 3.05) is 0 Å². The van der Waals surface area contributed by atoms with E-state index in [1.165, 1.54) is 6.33 Å². The number of hydrogen-bond acceptors (Lipinski definition) is 3. The van der Waals surface area contributed by atoms with Gasteiger partial charge in [-0.3, -0.25) is 0 Å². The summed E-state index contributed by atoms with van der Waals surface area (Å²) in [4.78, 5) is 7.80. The molecule has 0 spiro atoms. The highest BCUT2D eigenvalue weighted by atomic mass is 79.9. The highest BCUT2D eigenvalue weighted by Gasteiger charge is 2.05. The summed E-state index contributed by atoms with van der Waals surface area (Å²) in [6, 6.07) is 4.94. The molecule has 0 atom stereocenters. The molecule has 0 fully saturated rings. The van der Waals surface area contributed by atoms with Gasteiger partial charge in [0.05, 0.1) is 4.47 Å². The molecule has 0 N–H and O–H groups in total. The summed E-state index contributed by atoms with van der Waals surface area (Å²) >= 11 is 15.0. The summed E-state index contributed by atoms with van der Waals surface area (Å²) in [7, 11) is 0. The topological polar surface area (TPSA) is 35.0 Å². The van der Waals surface area contributed by atoms with Crippen LogP contribution in [0.3, 0.4) is 0 Å². The van der Waals surface area contributed by atoms with Crippen LogP contribution in [0, 0.1) is 0 Å². The number of benzene rings is 1. The molecule has 82 valence electrons. The van der Waals surface area contributed by atoms with E-state index in [1.54, 1.807) is 24.4 Å². The number of ether oxygens (including phenoxy) is 1. The van der Waals surface area contributed by atoms with Gasteiger partial charge in [0.2, 0.25) is 5.88 Å². The van der Waals surface area contributed by atoms with E-state index >= 15 is 0 Å². The first-order valence-electron chi connectivity index (χ1n) is 4.24. The maximum Gasteiger partial charge on any atom is 0.236 e. The van der Waals surface area contributed by atoms with E-state index in [4.69, 9.17) is 27.9 Å². The van der Waals surface area contributed by atoms with E-state index in [0.717, 1.165) is 0 Å². The van der Waals surface area contributed by atoms with Crippen molar-refractivity contribution in [1.82, 2.24) is 9.97 Å². The fourth-order valence-electron chi connectivity index (χ4n) is 1.08. The number of rotatable bonds is 2. The third kappa shape index (κ3) is 2.84. The summed E-state index contributed by atoms with van der Waals surface area (Å²) in [5.74, 6) is 0.935. The van der Waals surface area contributed by atoms with E-state index in [0.29, 0.717) is 26.1 Å². The second-order valence-electron chi connectivity index (χ2n) is 2.88. The van der Waals surface area contributed by atoms with E-state index in [9.17, 15) is 0 Å². The zero-order chi connectivity index (χ0) is 11.5. The standard InChI is InChI=1S/C10H5BrCl2N2O/c11-9-4-14-5-15-10(9)16-8-2-6(12)1-7(13)3-8/h1-5H. The Hall–Kier alpha value is -0.840. The monoisotopic (exact) mass is 318 g/mol. The van der Waals surface area contributed by atoms with Crippen molar-refractivity contribution in [1.29, 1.82) is 0 Å². The Morgan fingerprint density at radius 2 is 1.81 bits per heavy atom. The van der Waals surface area contributed by atoms with Gasteiger partial charge in [0.15, 0.2) is 0 Å². The van der Waals surface area contributed by atoms with Crippen LogP contribution >= 0.6 is 39.1 Å². The van der Waals surface area contributed by atoms with Gasteiger partial charge >= 0.3 is 0 Å². The summed E-state index contributed by atoms with van der Waals surface area (Å²) in [6.07, 6.45) is 2.99. The fraction of sp³-hybridized carbons (Fsp3) is 0. The number of aromatic nitrogens is 2. The molecule has 16 heavy (non-hydrogen) atoms. The quantitative estimate of drug-likeness (QED) is 0.826. The molecule has 6 heteroatoms. The Bertz CT molecular complexity index is 502. The summed E-state index contributed by atoms with van der Waals surface area (Å²) in [5, 5.41) is 1.01.